The van der Waals surface area contributed by atoms with Crippen LogP contribution in [0.15, 0.2) is 12.1 Å². The molecule has 0 unspecified atom stereocenters. The first-order valence-corrected chi connectivity index (χ1v) is 2.95. The van der Waals surface area contributed by atoms with Gasteiger partial charge in [0.25, 0.3) is 0 Å². The van der Waals surface area contributed by atoms with E-state index in [0.717, 1.165) is 18.9 Å². The second kappa shape index (κ2) is 1.72. The van der Waals surface area contributed by atoms with Crippen LogP contribution in [0, 0.1) is 6.20 Å². The Morgan fingerprint density at radius 2 is 2.67 bits per heavy atom. The van der Waals surface area contributed by atoms with Gasteiger partial charge in [-0.25, -0.2) is 4.98 Å². The molecule has 0 amide bonds. The van der Waals surface area contributed by atoms with E-state index in [1.165, 1.54) is 5.56 Å². The van der Waals surface area contributed by atoms with Crippen LogP contribution in [-0.2, 0) is 6.42 Å². The monoisotopic (exact) mass is 120 g/mol. The maximum Gasteiger partial charge on any atom is 0.217 e. The lowest BCUT2D eigenvalue weighted by molar-refractivity contribution is 0.344. The fourth-order valence-corrected chi connectivity index (χ4v) is 0.950. The third kappa shape index (κ3) is 0.669. The number of hydrogen-bond acceptors (Lipinski definition) is 2. The lowest BCUT2D eigenvalue weighted by Crippen LogP contribution is -1.87. The number of pyridine rings is 1. The highest BCUT2D eigenvalue weighted by molar-refractivity contribution is 5.28. The van der Waals surface area contributed by atoms with Gasteiger partial charge in [-0.15, -0.1) is 0 Å². The fraction of sp³-hybridized carbons (Fsp3) is 0.286. The Hall–Kier alpha value is -1.05. The minimum Gasteiger partial charge on any atom is -0.477 e. The van der Waals surface area contributed by atoms with Crippen LogP contribution < -0.4 is 4.74 Å². The molecule has 1 aromatic rings. The lowest BCUT2D eigenvalue weighted by Gasteiger charge is -1.91. The number of fused-ring (bicyclic) bond motifs is 1. The third-order valence-electron chi connectivity index (χ3n) is 1.41. The molecule has 0 atom stereocenters. The van der Waals surface area contributed by atoms with Crippen molar-refractivity contribution in [2.45, 2.75) is 6.42 Å². The van der Waals surface area contributed by atoms with E-state index in [1.54, 1.807) is 0 Å². The summed E-state index contributed by atoms with van der Waals surface area (Å²) in [4.78, 5) is 3.91. The summed E-state index contributed by atoms with van der Waals surface area (Å²) >= 11 is 0. The molecule has 1 aromatic heterocycles. The normalized spacial score (nSPS) is 14.7. The first-order valence-electron chi connectivity index (χ1n) is 2.95. The molecule has 0 fully saturated rings. The molecule has 0 aromatic carbocycles. The van der Waals surface area contributed by atoms with Crippen molar-refractivity contribution >= 4 is 0 Å². The van der Waals surface area contributed by atoms with Gasteiger partial charge in [-0.2, -0.15) is 0 Å². The molecule has 0 spiro atoms. The van der Waals surface area contributed by atoms with Crippen molar-refractivity contribution in [3.05, 3.63) is 23.9 Å². The van der Waals surface area contributed by atoms with E-state index in [9.17, 15) is 0 Å². The van der Waals surface area contributed by atoms with Gasteiger partial charge in [0.1, 0.15) is 0 Å². The van der Waals surface area contributed by atoms with Crippen molar-refractivity contribution in [3.8, 4) is 5.88 Å². The number of rotatable bonds is 0. The van der Waals surface area contributed by atoms with Crippen molar-refractivity contribution in [2.75, 3.05) is 6.61 Å². The van der Waals surface area contributed by atoms with Gasteiger partial charge in [-0.05, 0) is 6.07 Å². The topological polar surface area (TPSA) is 22.1 Å². The highest BCUT2D eigenvalue weighted by Crippen LogP contribution is 2.19. The van der Waals surface area contributed by atoms with Crippen LogP contribution in [0.3, 0.4) is 0 Å². The van der Waals surface area contributed by atoms with Crippen LogP contribution in [0.2, 0.25) is 0 Å². The minimum absolute atomic E-state index is 0.762. The largest absolute Gasteiger partial charge is 0.477 e. The molecule has 0 aliphatic carbocycles. The number of aromatic nitrogens is 1. The van der Waals surface area contributed by atoms with E-state index in [2.05, 4.69) is 11.2 Å². The second-order valence-electron chi connectivity index (χ2n) is 2.00. The Balaban J connectivity index is 2.54. The summed E-state index contributed by atoms with van der Waals surface area (Å²) < 4.78 is 5.16. The predicted octanol–water partition coefficient (Wildman–Crippen LogP) is 0.817. The highest BCUT2D eigenvalue weighted by atomic mass is 16.5. The first kappa shape index (κ1) is 4.79. The van der Waals surface area contributed by atoms with Crippen molar-refractivity contribution in [1.82, 2.24) is 4.98 Å². The predicted molar refractivity (Wildman–Crippen MR) is 32.3 cm³/mol. The molecule has 0 saturated carbocycles. The van der Waals surface area contributed by atoms with E-state index in [0.29, 0.717) is 0 Å². The van der Waals surface area contributed by atoms with E-state index in [-0.39, 0.29) is 0 Å². The Labute approximate surface area is 53.5 Å². The van der Waals surface area contributed by atoms with Crippen molar-refractivity contribution in [1.29, 1.82) is 0 Å². The Kier molecular flexibility index (Phi) is 0.918. The van der Waals surface area contributed by atoms with E-state index >= 15 is 0 Å². The molecule has 9 heavy (non-hydrogen) atoms. The maximum atomic E-state index is 5.16. The Morgan fingerprint density at radius 1 is 1.67 bits per heavy atom. The number of hydrogen-bond donors (Lipinski definition) is 0. The Morgan fingerprint density at radius 3 is 3.56 bits per heavy atom. The van der Waals surface area contributed by atoms with Crippen LogP contribution in [0.25, 0.3) is 0 Å². The second-order valence-corrected chi connectivity index (χ2v) is 2.00. The summed E-state index contributed by atoms with van der Waals surface area (Å²) in [6.45, 7) is 0.778. The van der Waals surface area contributed by atoms with Crippen molar-refractivity contribution in [3.63, 3.8) is 0 Å². The summed E-state index contributed by atoms with van der Waals surface area (Å²) in [5.74, 6) is 0.762. The van der Waals surface area contributed by atoms with Gasteiger partial charge in [-0.3, -0.25) is 0 Å². The van der Waals surface area contributed by atoms with Crippen molar-refractivity contribution in [2.24, 2.45) is 0 Å². The van der Waals surface area contributed by atoms with Gasteiger partial charge in [0.2, 0.25) is 5.88 Å². The van der Waals surface area contributed by atoms with Crippen LogP contribution >= 0.6 is 0 Å². The molecule has 1 radical (unpaired) electrons. The molecular weight excluding hydrogens is 114 g/mol. The zero-order chi connectivity index (χ0) is 6.10. The molecule has 45 valence electrons. The maximum absolute atomic E-state index is 5.16. The molecule has 1 aliphatic rings. The van der Waals surface area contributed by atoms with Crippen LogP contribution in [0.1, 0.15) is 5.56 Å². The van der Waals surface area contributed by atoms with Gasteiger partial charge >= 0.3 is 0 Å². The number of ether oxygens (including phenoxy) is 1. The molecule has 1 aliphatic heterocycles. The molecule has 2 nitrogen and oxygen atoms in total. The van der Waals surface area contributed by atoms with E-state index in [4.69, 9.17) is 4.74 Å². The first-order chi connectivity index (χ1) is 4.47. The zero-order valence-electron chi connectivity index (χ0n) is 4.92. The molecular formula is C7H6NO. The SMILES string of the molecule is [c]1ccc2c(n1)OCC2. The van der Waals surface area contributed by atoms with Gasteiger partial charge in [0.05, 0.1) is 12.8 Å². The molecule has 2 rings (SSSR count). The van der Waals surface area contributed by atoms with Gasteiger partial charge in [0.15, 0.2) is 0 Å². The van der Waals surface area contributed by atoms with Crippen LogP contribution in [0.4, 0.5) is 0 Å². The summed E-state index contributed by atoms with van der Waals surface area (Å²) in [6.07, 6.45) is 3.71. The fourth-order valence-electron chi connectivity index (χ4n) is 0.950. The molecule has 0 saturated heterocycles. The van der Waals surface area contributed by atoms with Gasteiger partial charge in [-0.1, -0.05) is 6.07 Å². The third-order valence-corrected chi connectivity index (χ3v) is 1.41. The van der Waals surface area contributed by atoms with Crippen LogP contribution in [0.5, 0.6) is 5.88 Å². The Bertz CT molecular complexity index is 199. The van der Waals surface area contributed by atoms with Gasteiger partial charge in [0, 0.05) is 12.0 Å². The molecule has 0 N–H and O–H groups in total. The summed E-state index contributed by atoms with van der Waals surface area (Å²) in [5, 5.41) is 0. The van der Waals surface area contributed by atoms with Crippen LogP contribution in [-0.4, -0.2) is 11.6 Å². The standard InChI is InChI=1S/C7H6NO/c1-2-6-3-5-9-7(6)8-4-1/h1-2H,3,5H2. The lowest BCUT2D eigenvalue weighted by atomic mass is 10.2. The molecule has 2 heteroatoms. The minimum atomic E-state index is 0.762. The average Bonchev–Trinajstić information content (AvgIpc) is 2.33. The summed E-state index contributed by atoms with van der Waals surface area (Å²) in [7, 11) is 0. The quantitative estimate of drug-likeness (QED) is 0.505. The zero-order valence-corrected chi connectivity index (χ0v) is 4.92. The number of nitrogens with zero attached hydrogens (tertiary/aromatic N) is 1. The smallest absolute Gasteiger partial charge is 0.217 e. The highest BCUT2D eigenvalue weighted by Gasteiger charge is 2.10. The average molecular weight is 120 g/mol. The van der Waals surface area contributed by atoms with Gasteiger partial charge < -0.3 is 4.74 Å². The van der Waals surface area contributed by atoms with E-state index in [1.807, 2.05) is 12.1 Å². The van der Waals surface area contributed by atoms with Crippen molar-refractivity contribution < 1.29 is 4.74 Å². The summed E-state index contributed by atoms with van der Waals surface area (Å²) in [6, 6.07) is 3.81. The molecule has 0 bridgehead atoms. The summed E-state index contributed by atoms with van der Waals surface area (Å²) in [5.41, 5.74) is 1.20. The molecule has 2 heterocycles. The van der Waals surface area contributed by atoms with E-state index < -0.39 is 0 Å².